The lowest BCUT2D eigenvalue weighted by Gasteiger charge is -2.18. The smallest absolute Gasteiger partial charge is 0.136 e. The van der Waals surface area contributed by atoms with E-state index in [1.54, 1.807) is 0 Å². The molecule has 0 heterocycles. The lowest BCUT2D eigenvalue weighted by atomic mass is 9.85. The van der Waals surface area contributed by atoms with E-state index in [0.717, 1.165) is 32.1 Å². The third-order valence-corrected chi connectivity index (χ3v) is 4.90. The monoisotopic (exact) mass is 292 g/mol. The van der Waals surface area contributed by atoms with Crippen LogP contribution in [0.1, 0.15) is 49.1 Å². The van der Waals surface area contributed by atoms with Gasteiger partial charge in [-0.1, -0.05) is 67.1 Å². The Hall–Kier alpha value is -1.89. The first kappa shape index (κ1) is 15.0. The van der Waals surface area contributed by atoms with E-state index >= 15 is 0 Å². The molecule has 2 atom stereocenters. The van der Waals surface area contributed by atoms with Crippen LogP contribution in [0.4, 0.5) is 0 Å². The van der Waals surface area contributed by atoms with Crippen LogP contribution >= 0.6 is 0 Å². The molecular formula is C21H24O. The summed E-state index contributed by atoms with van der Waals surface area (Å²) in [6.07, 6.45) is 6.29. The molecule has 0 bridgehead atoms. The van der Waals surface area contributed by atoms with Gasteiger partial charge in [0.2, 0.25) is 0 Å². The number of ketones is 1. The molecule has 1 nitrogen and oxygen atoms in total. The summed E-state index contributed by atoms with van der Waals surface area (Å²) in [7, 11) is 0. The van der Waals surface area contributed by atoms with Gasteiger partial charge in [-0.25, -0.2) is 0 Å². The van der Waals surface area contributed by atoms with Gasteiger partial charge < -0.3 is 0 Å². The second-order valence-electron chi connectivity index (χ2n) is 6.36. The molecule has 1 fully saturated rings. The molecule has 0 aromatic heterocycles. The molecule has 114 valence electrons. The number of hydrogen-bond acceptors (Lipinski definition) is 1. The van der Waals surface area contributed by atoms with Gasteiger partial charge in [-0.15, -0.1) is 0 Å². The van der Waals surface area contributed by atoms with E-state index in [1.165, 1.54) is 17.5 Å². The first-order valence-electron chi connectivity index (χ1n) is 8.46. The fourth-order valence-electron chi connectivity index (χ4n) is 3.71. The zero-order chi connectivity index (χ0) is 15.2. The van der Waals surface area contributed by atoms with Crippen molar-refractivity contribution in [1.29, 1.82) is 0 Å². The van der Waals surface area contributed by atoms with Crippen molar-refractivity contribution >= 4 is 5.78 Å². The van der Waals surface area contributed by atoms with Gasteiger partial charge in [0, 0.05) is 12.3 Å². The van der Waals surface area contributed by atoms with Gasteiger partial charge in [0.1, 0.15) is 5.78 Å². The molecule has 2 aromatic carbocycles. The van der Waals surface area contributed by atoms with E-state index in [0.29, 0.717) is 11.7 Å². The van der Waals surface area contributed by atoms with Crippen molar-refractivity contribution < 1.29 is 4.79 Å². The van der Waals surface area contributed by atoms with Crippen molar-refractivity contribution in [3.8, 4) is 0 Å². The number of rotatable bonds is 6. The average molecular weight is 292 g/mol. The van der Waals surface area contributed by atoms with E-state index in [1.807, 2.05) is 0 Å². The Morgan fingerprint density at radius 2 is 1.55 bits per heavy atom. The van der Waals surface area contributed by atoms with Gasteiger partial charge in [-0.2, -0.15) is 0 Å². The van der Waals surface area contributed by atoms with E-state index in [4.69, 9.17) is 0 Å². The van der Waals surface area contributed by atoms with Gasteiger partial charge in [-0.3, -0.25) is 4.79 Å². The van der Waals surface area contributed by atoms with Gasteiger partial charge in [-0.05, 0) is 42.7 Å². The Balaban J connectivity index is 1.53. The summed E-state index contributed by atoms with van der Waals surface area (Å²) < 4.78 is 0. The molecule has 1 heteroatoms. The second kappa shape index (κ2) is 7.40. The number of aryl methyl sites for hydroxylation is 1. The van der Waals surface area contributed by atoms with Gasteiger partial charge in [0.15, 0.2) is 0 Å². The molecule has 0 amide bonds. The van der Waals surface area contributed by atoms with Crippen molar-refractivity contribution in [1.82, 2.24) is 0 Å². The van der Waals surface area contributed by atoms with E-state index < -0.39 is 0 Å². The maximum absolute atomic E-state index is 12.2. The van der Waals surface area contributed by atoms with E-state index in [9.17, 15) is 4.79 Å². The Morgan fingerprint density at radius 1 is 0.864 bits per heavy atom. The first-order valence-corrected chi connectivity index (χ1v) is 8.46. The summed E-state index contributed by atoms with van der Waals surface area (Å²) in [5.74, 6) is 1.18. The van der Waals surface area contributed by atoms with Crippen LogP contribution in [0.5, 0.6) is 0 Å². The van der Waals surface area contributed by atoms with Crippen molar-refractivity contribution in [3.63, 3.8) is 0 Å². The first-order chi connectivity index (χ1) is 10.8. The zero-order valence-electron chi connectivity index (χ0n) is 13.1. The lowest BCUT2D eigenvalue weighted by molar-refractivity contribution is -0.121. The van der Waals surface area contributed by atoms with E-state index in [2.05, 4.69) is 60.7 Å². The van der Waals surface area contributed by atoms with Crippen LogP contribution in [0.15, 0.2) is 60.7 Å². The summed E-state index contributed by atoms with van der Waals surface area (Å²) in [6.45, 7) is 0. The van der Waals surface area contributed by atoms with Crippen molar-refractivity contribution in [2.24, 2.45) is 5.92 Å². The van der Waals surface area contributed by atoms with Crippen molar-refractivity contribution in [2.75, 3.05) is 0 Å². The van der Waals surface area contributed by atoms with Crippen LogP contribution in [0.2, 0.25) is 0 Å². The summed E-state index contributed by atoms with van der Waals surface area (Å²) in [5.41, 5.74) is 2.75. The molecule has 1 aliphatic rings. The molecular weight excluding hydrogens is 268 g/mol. The van der Waals surface area contributed by atoms with Crippen molar-refractivity contribution in [3.05, 3.63) is 71.8 Å². The molecule has 22 heavy (non-hydrogen) atoms. The number of hydrogen-bond donors (Lipinski definition) is 0. The van der Waals surface area contributed by atoms with Crippen LogP contribution in [-0.2, 0) is 11.2 Å². The largest absolute Gasteiger partial charge is 0.299 e. The third-order valence-electron chi connectivity index (χ3n) is 4.90. The third kappa shape index (κ3) is 3.65. The van der Waals surface area contributed by atoms with Gasteiger partial charge >= 0.3 is 0 Å². The Labute approximate surface area is 133 Å². The lowest BCUT2D eigenvalue weighted by Crippen LogP contribution is -2.13. The molecule has 0 saturated heterocycles. The molecule has 0 spiro atoms. The minimum absolute atomic E-state index is 0.248. The molecule has 2 unspecified atom stereocenters. The van der Waals surface area contributed by atoms with Crippen molar-refractivity contribution in [2.45, 2.75) is 44.4 Å². The highest BCUT2D eigenvalue weighted by molar-refractivity contribution is 5.84. The quantitative estimate of drug-likeness (QED) is 0.672. The van der Waals surface area contributed by atoms with Crippen LogP contribution in [0.25, 0.3) is 0 Å². The van der Waals surface area contributed by atoms with Crippen LogP contribution in [0, 0.1) is 5.92 Å². The summed E-state index contributed by atoms with van der Waals surface area (Å²) in [5, 5.41) is 0. The maximum atomic E-state index is 12.2. The molecule has 1 saturated carbocycles. The Morgan fingerprint density at radius 3 is 2.27 bits per heavy atom. The van der Waals surface area contributed by atoms with Crippen LogP contribution in [-0.4, -0.2) is 5.78 Å². The Kier molecular flexibility index (Phi) is 5.05. The highest BCUT2D eigenvalue weighted by atomic mass is 16.1. The number of carbonyl (C=O) groups is 1. The normalized spacial score (nSPS) is 21.2. The highest BCUT2D eigenvalue weighted by Crippen LogP contribution is 2.40. The van der Waals surface area contributed by atoms with Crippen LogP contribution in [0.3, 0.4) is 0 Å². The van der Waals surface area contributed by atoms with Gasteiger partial charge in [0.05, 0.1) is 0 Å². The zero-order valence-corrected chi connectivity index (χ0v) is 13.1. The topological polar surface area (TPSA) is 17.1 Å². The summed E-state index contributed by atoms with van der Waals surface area (Å²) >= 11 is 0. The number of unbranched alkanes of at least 4 members (excludes halogenated alkanes) is 1. The highest BCUT2D eigenvalue weighted by Gasteiger charge is 2.34. The minimum atomic E-state index is 0.248. The molecule has 0 N–H and O–H groups in total. The SMILES string of the molecule is O=C1CCC(c2ccccc2)C1CCCCc1ccccc1. The van der Waals surface area contributed by atoms with E-state index in [-0.39, 0.29) is 5.92 Å². The molecule has 1 aliphatic carbocycles. The fourth-order valence-corrected chi connectivity index (χ4v) is 3.71. The second-order valence-corrected chi connectivity index (χ2v) is 6.36. The number of carbonyl (C=O) groups excluding carboxylic acids is 1. The number of benzene rings is 2. The number of Topliss-reactive ketones (excluding diaryl/α,β-unsaturated/α-hetero) is 1. The molecule has 3 rings (SSSR count). The van der Waals surface area contributed by atoms with Gasteiger partial charge in [0.25, 0.3) is 0 Å². The predicted octanol–water partition coefficient (Wildman–Crippen LogP) is 5.16. The minimum Gasteiger partial charge on any atom is -0.299 e. The fraction of sp³-hybridized carbons (Fsp3) is 0.381. The Bertz CT molecular complexity index is 588. The summed E-state index contributed by atoms with van der Waals surface area (Å²) in [6, 6.07) is 21.2. The maximum Gasteiger partial charge on any atom is 0.136 e. The standard InChI is InChI=1S/C21H24O/c22-21-16-15-19(18-12-5-2-6-13-18)20(21)14-8-7-11-17-9-3-1-4-10-17/h1-6,9-10,12-13,19-20H,7-8,11,14-16H2. The molecule has 0 aliphatic heterocycles. The van der Waals surface area contributed by atoms with Crippen LogP contribution < -0.4 is 0 Å². The molecule has 2 aromatic rings. The predicted molar refractivity (Wildman–Crippen MR) is 90.9 cm³/mol. The molecule has 0 radical (unpaired) electrons. The summed E-state index contributed by atoms with van der Waals surface area (Å²) in [4.78, 5) is 12.2. The average Bonchev–Trinajstić information content (AvgIpc) is 2.94.